The molecule has 0 aliphatic carbocycles. The minimum atomic E-state index is -0.433. The van der Waals surface area contributed by atoms with Crippen molar-refractivity contribution < 1.29 is 14.0 Å². The number of amides is 1. The molecule has 0 heterocycles. The molecule has 0 radical (unpaired) electrons. The number of anilines is 1. The van der Waals surface area contributed by atoms with E-state index in [4.69, 9.17) is 11.6 Å². The summed E-state index contributed by atoms with van der Waals surface area (Å²) in [5, 5.41) is 3.26. The Morgan fingerprint density at radius 1 is 0.923 bits per heavy atom. The van der Waals surface area contributed by atoms with Crippen LogP contribution in [0.25, 0.3) is 0 Å². The highest BCUT2D eigenvalue weighted by Gasteiger charge is 2.18. The summed E-state index contributed by atoms with van der Waals surface area (Å²) in [6.07, 6.45) is 0. The van der Waals surface area contributed by atoms with Gasteiger partial charge in [0.15, 0.2) is 5.78 Å². The summed E-state index contributed by atoms with van der Waals surface area (Å²) in [6, 6.07) is 17.1. The van der Waals surface area contributed by atoms with Gasteiger partial charge >= 0.3 is 0 Å². The topological polar surface area (TPSA) is 46.2 Å². The van der Waals surface area contributed by atoms with Crippen LogP contribution in [0.1, 0.15) is 31.8 Å². The molecule has 1 N–H and O–H groups in total. The molecular weight excluding hydrogens is 353 g/mol. The van der Waals surface area contributed by atoms with Crippen LogP contribution < -0.4 is 5.32 Å². The number of hydrogen-bond donors (Lipinski definition) is 1. The lowest BCUT2D eigenvalue weighted by atomic mass is 9.98. The van der Waals surface area contributed by atoms with Crippen LogP contribution in [0.3, 0.4) is 0 Å². The molecular formula is C21H15ClFNO2. The number of rotatable bonds is 4. The first kappa shape index (κ1) is 17.8. The van der Waals surface area contributed by atoms with Crippen molar-refractivity contribution >= 4 is 29.0 Å². The fourth-order valence-corrected chi connectivity index (χ4v) is 2.72. The number of hydrogen-bond acceptors (Lipinski definition) is 2. The van der Waals surface area contributed by atoms with E-state index in [1.165, 1.54) is 18.2 Å². The second-order valence-corrected chi connectivity index (χ2v) is 6.23. The molecule has 5 heteroatoms. The first-order valence-corrected chi connectivity index (χ1v) is 8.30. The Bertz CT molecular complexity index is 984. The van der Waals surface area contributed by atoms with Gasteiger partial charge in [0.1, 0.15) is 5.82 Å². The third-order valence-electron chi connectivity index (χ3n) is 3.96. The van der Waals surface area contributed by atoms with Crippen LogP contribution in [0.15, 0.2) is 66.7 Å². The molecule has 0 atom stereocenters. The summed E-state index contributed by atoms with van der Waals surface area (Å²) in [6.45, 7) is 1.70. The molecule has 0 saturated heterocycles. The van der Waals surface area contributed by atoms with Crippen LogP contribution in [-0.2, 0) is 0 Å². The van der Waals surface area contributed by atoms with E-state index in [2.05, 4.69) is 5.32 Å². The van der Waals surface area contributed by atoms with Gasteiger partial charge in [0.25, 0.3) is 5.91 Å². The third kappa shape index (κ3) is 3.81. The summed E-state index contributed by atoms with van der Waals surface area (Å²) < 4.78 is 13.2. The molecule has 3 aromatic carbocycles. The summed E-state index contributed by atoms with van der Waals surface area (Å²) in [4.78, 5) is 25.5. The number of carbonyl (C=O) groups excluding carboxylic acids is 2. The van der Waals surface area contributed by atoms with Gasteiger partial charge in [0.05, 0.1) is 5.56 Å². The predicted octanol–water partition coefficient (Wildman–Crippen LogP) is 5.27. The Hall–Kier alpha value is -2.98. The SMILES string of the molecule is Cc1cc(F)ccc1NC(=O)c1ccccc1C(=O)c1ccc(Cl)cc1. The first-order valence-electron chi connectivity index (χ1n) is 7.92. The Morgan fingerprint density at radius 3 is 2.23 bits per heavy atom. The molecule has 0 unspecified atom stereocenters. The highest BCUT2D eigenvalue weighted by molar-refractivity contribution is 6.30. The van der Waals surface area contributed by atoms with Crippen molar-refractivity contribution in [2.24, 2.45) is 0 Å². The lowest BCUT2D eigenvalue weighted by molar-refractivity contribution is 0.0996. The van der Waals surface area contributed by atoms with Crippen LogP contribution in [-0.4, -0.2) is 11.7 Å². The number of aryl methyl sites for hydroxylation is 1. The van der Waals surface area contributed by atoms with Crippen LogP contribution in [0.5, 0.6) is 0 Å². The van der Waals surface area contributed by atoms with Crippen molar-refractivity contribution in [2.45, 2.75) is 6.92 Å². The van der Waals surface area contributed by atoms with E-state index in [0.717, 1.165) is 0 Å². The normalized spacial score (nSPS) is 10.4. The van der Waals surface area contributed by atoms with Gasteiger partial charge in [0.2, 0.25) is 0 Å². The lowest BCUT2D eigenvalue weighted by Gasteiger charge is -2.11. The minimum Gasteiger partial charge on any atom is -0.322 e. The van der Waals surface area contributed by atoms with E-state index in [-0.39, 0.29) is 22.7 Å². The molecule has 0 bridgehead atoms. The van der Waals surface area contributed by atoms with Gasteiger partial charge in [-0.05, 0) is 61.0 Å². The highest BCUT2D eigenvalue weighted by Crippen LogP contribution is 2.20. The van der Waals surface area contributed by atoms with Crippen molar-refractivity contribution in [3.63, 3.8) is 0 Å². The maximum Gasteiger partial charge on any atom is 0.256 e. The zero-order chi connectivity index (χ0) is 18.7. The summed E-state index contributed by atoms with van der Waals surface area (Å²) in [5.41, 5.74) is 2.06. The standard InChI is InChI=1S/C21H15ClFNO2/c1-13-12-16(23)10-11-19(13)24-21(26)18-5-3-2-4-17(18)20(25)14-6-8-15(22)9-7-14/h2-12H,1H3,(H,24,26). The molecule has 26 heavy (non-hydrogen) atoms. The van der Waals surface area contributed by atoms with Gasteiger partial charge in [-0.1, -0.05) is 29.8 Å². The highest BCUT2D eigenvalue weighted by atomic mass is 35.5. The monoisotopic (exact) mass is 367 g/mol. The average Bonchev–Trinajstić information content (AvgIpc) is 2.64. The van der Waals surface area contributed by atoms with Crippen LogP contribution in [0.4, 0.5) is 10.1 Å². The molecule has 0 fully saturated rings. The van der Waals surface area contributed by atoms with Gasteiger partial charge in [-0.2, -0.15) is 0 Å². The fraction of sp³-hybridized carbons (Fsp3) is 0.0476. The van der Waals surface area contributed by atoms with Crippen molar-refractivity contribution in [2.75, 3.05) is 5.32 Å². The van der Waals surface area contributed by atoms with Crippen molar-refractivity contribution in [3.8, 4) is 0 Å². The van der Waals surface area contributed by atoms with Gasteiger partial charge in [-0.15, -0.1) is 0 Å². The average molecular weight is 368 g/mol. The molecule has 3 rings (SSSR count). The van der Waals surface area contributed by atoms with Crippen molar-refractivity contribution in [3.05, 3.63) is 99.8 Å². The van der Waals surface area contributed by atoms with E-state index in [1.807, 2.05) is 0 Å². The molecule has 0 saturated carbocycles. The first-order chi connectivity index (χ1) is 12.5. The largest absolute Gasteiger partial charge is 0.322 e. The molecule has 130 valence electrons. The van der Waals surface area contributed by atoms with Crippen LogP contribution >= 0.6 is 11.6 Å². The van der Waals surface area contributed by atoms with E-state index in [0.29, 0.717) is 21.8 Å². The number of halogens is 2. The second kappa shape index (κ2) is 7.50. The Labute approximate surface area is 155 Å². The van der Waals surface area contributed by atoms with Crippen molar-refractivity contribution in [1.82, 2.24) is 0 Å². The lowest BCUT2D eigenvalue weighted by Crippen LogP contribution is -2.17. The number of carbonyl (C=O) groups is 2. The van der Waals surface area contributed by atoms with Gasteiger partial charge < -0.3 is 5.32 Å². The second-order valence-electron chi connectivity index (χ2n) is 5.79. The van der Waals surface area contributed by atoms with Crippen LogP contribution in [0.2, 0.25) is 5.02 Å². The summed E-state index contributed by atoms with van der Waals surface area (Å²) >= 11 is 5.86. The van der Waals surface area contributed by atoms with E-state index < -0.39 is 5.91 Å². The number of benzene rings is 3. The van der Waals surface area contributed by atoms with E-state index >= 15 is 0 Å². The Balaban J connectivity index is 1.92. The minimum absolute atomic E-state index is 0.246. The number of ketones is 1. The zero-order valence-corrected chi connectivity index (χ0v) is 14.7. The predicted molar refractivity (Wildman–Crippen MR) is 100 cm³/mol. The molecule has 0 aromatic heterocycles. The maximum atomic E-state index is 13.2. The quantitative estimate of drug-likeness (QED) is 0.638. The van der Waals surface area contributed by atoms with Crippen LogP contribution in [0, 0.1) is 12.7 Å². The van der Waals surface area contributed by atoms with Crippen molar-refractivity contribution in [1.29, 1.82) is 0 Å². The van der Waals surface area contributed by atoms with Gasteiger partial charge in [-0.25, -0.2) is 4.39 Å². The number of nitrogens with one attached hydrogen (secondary N) is 1. The smallest absolute Gasteiger partial charge is 0.256 e. The van der Waals surface area contributed by atoms with Gasteiger partial charge in [-0.3, -0.25) is 9.59 Å². The molecule has 1 amide bonds. The molecule has 0 aliphatic rings. The zero-order valence-electron chi connectivity index (χ0n) is 13.9. The summed E-state index contributed by atoms with van der Waals surface area (Å²) in [7, 11) is 0. The molecule has 0 aliphatic heterocycles. The van der Waals surface area contributed by atoms with Gasteiger partial charge in [0, 0.05) is 21.8 Å². The molecule has 3 aromatic rings. The van der Waals surface area contributed by atoms with E-state index in [1.54, 1.807) is 55.5 Å². The van der Waals surface area contributed by atoms with E-state index in [9.17, 15) is 14.0 Å². The fourth-order valence-electron chi connectivity index (χ4n) is 2.59. The Kier molecular flexibility index (Phi) is 5.14. The third-order valence-corrected chi connectivity index (χ3v) is 4.21. The molecule has 3 nitrogen and oxygen atoms in total. The molecule has 0 spiro atoms. The summed E-state index contributed by atoms with van der Waals surface area (Å²) in [5.74, 6) is -1.08. The maximum absolute atomic E-state index is 13.2. The Morgan fingerprint density at radius 2 is 1.58 bits per heavy atom.